The van der Waals surface area contributed by atoms with Crippen molar-refractivity contribution in [2.75, 3.05) is 18.8 Å². The van der Waals surface area contributed by atoms with Gasteiger partial charge in [0.2, 0.25) is 0 Å². The lowest BCUT2D eigenvalue weighted by Crippen LogP contribution is -2.27. The van der Waals surface area contributed by atoms with Crippen LogP contribution < -0.4 is 5.73 Å². The SMILES string of the molecule is Nc1ncc(-c2ccc(C(=O)N3CCCC3)cc2)nc1-c1cc2ccccc2o1. The quantitative estimate of drug-likeness (QED) is 0.567. The lowest BCUT2D eigenvalue weighted by Gasteiger charge is -2.15. The normalized spacial score (nSPS) is 13.9. The van der Waals surface area contributed by atoms with Crippen LogP contribution in [0.4, 0.5) is 5.82 Å². The molecule has 2 aromatic heterocycles. The van der Waals surface area contributed by atoms with Crippen molar-refractivity contribution in [3.8, 4) is 22.7 Å². The van der Waals surface area contributed by atoms with E-state index in [0.29, 0.717) is 28.5 Å². The molecular weight excluding hydrogens is 364 g/mol. The maximum atomic E-state index is 12.5. The highest BCUT2D eigenvalue weighted by molar-refractivity contribution is 5.95. The van der Waals surface area contributed by atoms with E-state index in [0.717, 1.165) is 42.5 Å². The first-order valence-corrected chi connectivity index (χ1v) is 9.70. The van der Waals surface area contributed by atoms with Gasteiger partial charge in [0.25, 0.3) is 5.91 Å². The van der Waals surface area contributed by atoms with Crippen LogP contribution in [0.15, 0.2) is 65.2 Å². The van der Waals surface area contributed by atoms with Crippen molar-refractivity contribution in [2.24, 2.45) is 0 Å². The number of carbonyl (C=O) groups excluding carboxylic acids is 1. The minimum Gasteiger partial charge on any atom is -0.454 e. The highest BCUT2D eigenvalue weighted by Gasteiger charge is 2.19. The molecule has 1 aliphatic heterocycles. The zero-order chi connectivity index (χ0) is 19.8. The Labute approximate surface area is 168 Å². The van der Waals surface area contributed by atoms with E-state index >= 15 is 0 Å². The van der Waals surface area contributed by atoms with Crippen LogP contribution in [-0.2, 0) is 0 Å². The van der Waals surface area contributed by atoms with E-state index in [9.17, 15) is 4.79 Å². The first kappa shape index (κ1) is 17.4. The van der Waals surface area contributed by atoms with Gasteiger partial charge in [-0.05, 0) is 37.1 Å². The van der Waals surface area contributed by atoms with Crippen molar-refractivity contribution in [1.82, 2.24) is 14.9 Å². The van der Waals surface area contributed by atoms with Crippen LogP contribution in [0.1, 0.15) is 23.2 Å². The average molecular weight is 384 g/mol. The highest BCUT2D eigenvalue weighted by atomic mass is 16.3. The fraction of sp³-hybridized carbons (Fsp3) is 0.174. The Kier molecular flexibility index (Phi) is 4.24. The number of nitrogen functional groups attached to an aromatic ring is 1. The summed E-state index contributed by atoms with van der Waals surface area (Å²) in [5.74, 6) is 0.980. The number of aromatic nitrogens is 2. The average Bonchev–Trinajstić information content (AvgIpc) is 3.44. The number of nitrogens with two attached hydrogens (primary N) is 1. The second-order valence-electron chi connectivity index (χ2n) is 7.21. The molecule has 1 aliphatic rings. The largest absolute Gasteiger partial charge is 0.454 e. The van der Waals surface area contributed by atoms with Crippen molar-refractivity contribution in [3.05, 3.63) is 66.4 Å². The molecule has 5 rings (SSSR count). The Bertz CT molecular complexity index is 1160. The summed E-state index contributed by atoms with van der Waals surface area (Å²) in [5, 5.41) is 0.985. The van der Waals surface area contributed by atoms with Gasteiger partial charge < -0.3 is 15.1 Å². The lowest BCUT2D eigenvalue weighted by molar-refractivity contribution is 0.0793. The van der Waals surface area contributed by atoms with E-state index in [-0.39, 0.29) is 5.91 Å². The standard InChI is InChI=1S/C23H20N4O2/c24-22-21(20-13-17-5-1-2-6-19(17)29-20)26-18(14-25-22)15-7-9-16(10-8-15)23(28)27-11-3-4-12-27/h1-2,5-10,13-14H,3-4,11-12H2,(H2,24,25). The number of furan rings is 1. The Morgan fingerprint density at radius 3 is 2.55 bits per heavy atom. The monoisotopic (exact) mass is 384 g/mol. The number of rotatable bonds is 3. The molecule has 0 spiro atoms. The summed E-state index contributed by atoms with van der Waals surface area (Å²) in [4.78, 5) is 23.4. The molecule has 1 fully saturated rings. The van der Waals surface area contributed by atoms with E-state index in [1.165, 1.54) is 0 Å². The molecule has 0 unspecified atom stereocenters. The van der Waals surface area contributed by atoms with E-state index in [2.05, 4.69) is 9.97 Å². The molecule has 2 N–H and O–H groups in total. The molecule has 2 aromatic carbocycles. The van der Waals surface area contributed by atoms with Crippen molar-refractivity contribution in [2.45, 2.75) is 12.8 Å². The molecule has 0 radical (unpaired) electrons. The molecule has 3 heterocycles. The Morgan fingerprint density at radius 2 is 1.79 bits per heavy atom. The second kappa shape index (κ2) is 7.05. The molecule has 144 valence electrons. The first-order chi connectivity index (χ1) is 14.2. The maximum Gasteiger partial charge on any atom is 0.253 e. The summed E-state index contributed by atoms with van der Waals surface area (Å²) in [6.07, 6.45) is 3.80. The summed E-state index contributed by atoms with van der Waals surface area (Å²) >= 11 is 0. The molecule has 0 atom stereocenters. The molecule has 0 saturated carbocycles. The van der Waals surface area contributed by atoms with Crippen LogP contribution in [0.2, 0.25) is 0 Å². The van der Waals surface area contributed by atoms with E-state index < -0.39 is 0 Å². The van der Waals surface area contributed by atoms with Gasteiger partial charge in [-0.3, -0.25) is 4.79 Å². The van der Waals surface area contributed by atoms with Crippen molar-refractivity contribution in [3.63, 3.8) is 0 Å². The van der Waals surface area contributed by atoms with Crippen LogP contribution in [0.3, 0.4) is 0 Å². The van der Waals surface area contributed by atoms with E-state index in [4.69, 9.17) is 10.2 Å². The van der Waals surface area contributed by atoms with E-state index in [1.54, 1.807) is 6.20 Å². The number of hydrogen-bond acceptors (Lipinski definition) is 5. The molecule has 0 aliphatic carbocycles. The molecule has 4 aromatic rings. The summed E-state index contributed by atoms with van der Waals surface area (Å²) < 4.78 is 5.90. The maximum absolute atomic E-state index is 12.5. The van der Waals surface area contributed by atoms with Crippen molar-refractivity contribution < 1.29 is 9.21 Å². The number of nitrogens with zero attached hydrogens (tertiary/aromatic N) is 3. The van der Waals surface area contributed by atoms with Gasteiger partial charge in [-0.15, -0.1) is 0 Å². The third-order valence-corrected chi connectivity index (χ3v) is 5.28. The smallest absolute Gasteiger partial charge is 0.253 e. The van der Waals surface area contributed by atoms with Gasteiger partial charge in [0, 0.05) is 29.6 Å². The van der Waals surface area contributed by atoms with Gasteiger partial charge in [0.05, 0.1) is 11.9 Å². The zero-order valence-corrected chi connectivity index (χ0v) is 15.8. The second-order valence-corrected chi connectivity index (χ2v) is 7.21. The van der Waals surface area contributed by atoms with Crippen LogP contribution in [0, 0.1) is 0 Å². The predicted molar refractivity (Wildman–Crippen MR) is 112 cm³/mol. The Morgan fingerprint density at radius 1 is 1.03 bits per heavy atom. The number of carbonyl (C=O) groups is 1. The van der Waals surface area contributed by atoms with E-state index in [1.807, 2.05) is 59.5 Å². The molecular formula is C23H20N4O2. The molecule has 6 nitrogen and oxygen atoms in total. The summed E-state index contributed by atoms with van der Waals surface area (Å²) in [7, 11) is 0. The van der Waals surface area contributed by atoms with Gasteiger partial charge in [0.15, 0.2) is 11.6 Å². The van der Waals surface area contributed by atoms with Crippen LogP contribution in [0.25, 0.3) is 33.7 Å². The van der Waals surface area contributed by atoms with Crippen molar-refractivity contribution >= 4 is 22.7 Å². The van der Waals surface area contributed by atoms with Crippen LogP contribution >= 0.6 is 0 Å². The predicted octanol–water partition coefficient (Wildman–Crippen LogP) is 4.38. The minimum atomic E-state index is 0.0837. The fourth-order valence-electron chi connectivity index (χ4n) is 3.70. The van der Waals surface area contributed by atoms with Gasteiger partial charge in [0.1, 0.15) is 11.3 Å². The third-order valence-electron chi connectivity index (χ3n) is 5.28. The summed E-state index contributed by atoms with van der Waals surface area (Å²) in [6, 6.07) is 17.2. The lowest BCUT2D eigenvalue weighted by atomic mass is 10.1. The number of hydrogen-bond donors (Lipinski definition) is 1. The van der Waals surface area contributed by atoms with Gasteiger partial charge in [-0.2, -0.15) is 0 Å². The van der Waals surface area contributed by atoms with Gasteiger partial charge >= 0.3 is 0 Å². The number of likely N-dealkylation sites (tertiary alicyclic amines) is 1. The van der Waals surface area contributed by atoms with Crippen LogP contribution in [0.5, 0.6) is 0 Å². The van der Waals surface area contributed by atoms with Crippen molar-refractivity contribution in [1.29, 1.82) is 0 Å². The number of para-hydroxylation sites is 1. The Balaban J connectivity index is 1.47. The van der Waals surface area contributed by atoms with Gasteiger partial charge in [-0.1, -0.05) is 30.3 Å². The molecule has 29 heavy (non-hydrogen) atoms. The molecule has 1 saturated heterocycles. The Hall–Kier alpha value is -3.67. The fourth-order valence-corrected chi connectivity index (χ4v) is 3.70. The van der Waals surface area contributed by atoms with Gasteiger partial charge in [-0.25, -0.2) is 9.97 Å². The molecule has 1 amide bonds. The number of benzene rings is 2. The molecule has 6 heteroatoms. The topological polar surface area (TPSA) is 85.2 Å². The minimum absolute atomic E-state index is 0.0837. The summed E-state index contributed by atoms with van der Waals surface area (Å²) in [6.45, 7) is 1.68. The summed E-state index contributed by atoms with van der Waals surface area (Å²) in [5.41, 5.74) is 9.59. The number of fused-ring (bicyclic) bond motifs is 1. The first-order valence-electron chi connectivity index (χ1n) is 9.70. The number of anilines is 1. The molecule has 0 bridgehead atoms. The number of amides is 1. The highest BCUT2D eigenvalue weighted by Crippen LogP contribution is 2.31. The van der Waals surface area contributed by atoms with Crippen LogP contribution in [-0.4, -0.2) is 33.9 Å². The zero-order valence-electron chi connectivity index (χ0n) is 15.8. The third kappa shape index (κ3) is 3.23.